The number of fused-ring (bicyclic) bond motifs is 1. The smallest absolute Gasteiger partial charge is 0.337 e. The van der Waals surface area contributed by atoms with Gasteiger partial charge in [-0.25, -0.2) is 4.79 Å². The Hall–Kier alpha value is -1.84. The first kappa shape index (κ1) is 16.0. The molecule has 0 radical (unpaired) electrons. The summed E-state index contributed by atoms with van der Waals surface area (Å²) >= 11 is 0. The molecule has 0 bridgehead atoms. The summed E-state index contributed by atoms with van der Waals surface area (Å²) in [5.41, 5.74) is 2.59. The van der Waals surface area contributed by atoms with Crippen LogP contribution < -0.4 is 4.90 Å². The average molecular weight is 315 g/mol. The van der Waals surface area contributed by atoms with Crippen molar-refractivity contribution in [2.24, 2.45) is 5.92 Å². The summed E-state index contributed by atoms with van der Waals surface area (Å²) in [6, 6.07) is 5.49. The van der Waals surface area contributed by atoms with E-state index in [9.17, 15) is 9.59 Å². The maximum Gasteiger partial charge on any atom is 0.337 e. The molecule has 0 N–H and O–H groups in total. The topological polar surface area (TPSA) is 46.6 Å². The lowest BCUT2D eigenvalue weighted by molar-refractivity contribution is -0.118. The Morgan fingerprint density at radius 1 is 1.22 bits per heavy atom. The van der Waals surface area contributed by atoms with Gasteiger partial charge < -0.3 is 9.64 Å². The lowest BCUT2D eigenvalue weighted by atomic mass is 9.86. The average Bonchev–Trinajstić information content (AvgIpc) is 3.03. The van der Waals surface area contributed by atoms with Crippen LogP contribution in [0.1, 0.15) is 60.9 Å². The molecule has 1 aliphatic heterocycles. The molecule has 0 spiro atoms. The molecule has 1 amide bonds. The van der Waals surface area contributed by atoms with Gasteiger partial charge >= 0.3 is 5.97 Å². The van der Waals surface area contributed by atoms with E-state index in [0.29, 0.717) is 12.0 Å². The van der Waals surface area contributed by atoms with E-state index >= 15 is 0 Å². The number of ether oxygens (including phenoxy) is 1. The monoisotopic (exact) mass is 315 g/mol. The van der Waals surface area contributed by atoms with Crippen LogP contribution in [-0.2, 0) is 16.0 Å². The predicted octanol–water partition coefficient (Wildman–Crippen LogP) is 3.72. The minimum atomic E-state index is -0.324. The van der Waals surface area contributed by atoms with Gasteiger partial charge in [-0.1, -0.05) is 32.1 Å². The minimum Gasteiger partial charge on any atom is -0.465 e. The van der Waals surface area contributed by atoms with Gasteiger partial charge in [-0.3, -0.25) is 4.79 Å². The number of carbonyl (C=O) groups is 2. The molecular weight excluding hydrogens is 290 g/mol. The quantitative estimate of drug-likeness (QED) is 0.796. The number of rotatable bonds is 4. The lowest BCUT2D eigenvalue weighted by Gasteiger charge is -2.23. The van der Waals surface area contributed by atoms with Gasteiger partial charge in [0.2, 0.25) is 5.91 Å². The van der Waals surface area contributed by atoms with E-state index in [4.69, 9.17) is 4.74 Å². The van der Waals surface area contributed by atoms with E-state index in [1.54, 1.807) is 6.07 Å². The summed E-state index contributed by atoms with van der Waals surface area (Å²) in [5.74, 6) is 0.631. The van der Waals surface area contributed by atoms with Crippen molar-refractivity contribution in [3.8, 4) is 0 Å². The van der Waals surface area contributed by atoms with Crippen molar-refractivity contribution in [3.05, 3.63) is 29.3 Å². The van der Waals surface area contributed by atoms with Crippen molar-refractivity contribution in [1.82, 2.24) is 0 Å². The van der Waals surface area contributed by atoms with Crippen molar-refractivity contribution in [2.45, 2.75) is 51.4 Å². The van der Waals surface area contributed by atoms with E-state index in [0.717, 1.165) is 36.6 Å². The molecule has 0 aromatic heterocycles. The highest BCUT2D eigenvalue weighted by Crippen LogP contribution is 2.31. The zero-order chi connectivity index (χ0) is 16.2. The lowest BCUT2D eigenvalue weighted by Crippen LogP contribution is -2.29. The van der Waals surface area contributed by atoms with E-state index < -0.39 is 0 Å². The summed E-state index contributed by atoms with van der Waals surface area (Å²) in [5, 5.41) is 0. The van der Waals surface area contributed by atoms with Gasteiger partial charge in [0.25, 0.3) is 0 Å². The fourth-order valence-corrected chi connectivity index (χ4v) is 3.84. The third-order valence-corrected chi connectivity index (χ3v) is 5.19. The minimum absolute atomic E-state index is 0.222. The second kappa shape index (κ2) is 7.16. The molecule has 4 nitrogen and oxygen atoms in total. The number of nitrogens with zero attached hydrogens (tertiary/aromatic N) is 1. The maximum absolute atomic E-state index is 12.6. The normalized spacial score (nSPS) is 17.9. The standard InChI is InChI=1S/C19H25NO3/c1-23-19(22)16-8-9-17-15(13-16)11-12-20(17)18(21)10-7-14-5-3-2-4-6-14/h8-9,13-14H,2-7,10-12H2,1H3. The number of methoxy groups -OCH3 is 1. The van der Waals surface area contributed by atoms with Crippen molar-refractivity contribution in [3.63, 3.8) is 0 Å². The van der Waals surface area contributed by atoms with Crippen LogP contribution in [0.25, 0.3) is 0 Å². The summed E-state index contributed by atoms with van der Waals surface area (Å²) in [4.78, 5) is 26.1. The predicted molar refractivity (Wildman–Crippen MR) is 89.6 cm³/mol. The number of amides is 1. The molecule has 1 aromatic rings. The molecule has 0 unspecified atom stereocenters. The van der Waals surface area contributed by atoms with Crippen LogP contribution in [-0.4, -0.2) is 25.5 Å². The van der Waals surface area contributed by atoms with Crippen LogP contribution in [0.3, 0.4) is 0 Å². The third kappa shape index (κ3) is 3.57. The number of carbonyl (C=O) groups excluding carboxylic acids is 2. The Bertz CT molecular complexity index is 590. The summed E-state index contributed by atoms with van der Waals surface area (Å²) in [7, 11) is 1.39. The highest BCUT2D eigenvalue weighted by atomic mass is 16.5. The van der Waals surface area contributed by atoms with Crippen LogP contribution in [0.15, 0.2) is 18.2 Å². The third-order valence-electron chi connectivity index (χ3n) is 5.19. The number of anilines is 1. The molecule has 1 aliphatic carbocycles. The number of hydrogen-bond donors (Lipinski definition) is 0. The Labute approximate surface area is 137 Å². The first-order valence-corrected chi connectivity index (χ1v) is 8.70. The Kier molecular flexibility index (Phi) is 4.99. The molecular formula is C19H25NO3. The maximum atomic E-state index is 12.6. The van der Waals surface area contributed by atoms with Crippen LogP contribution in [0.4, 0.5) is 5.69 Å². The SMILES string of the molecule is COC(=O)c1ccc2c(c1)CCN2C(=O)CCC1CCCCC1. The largest absolute Gasteiger partial charge is 0.465 e. The van der Waals surface area contributed by atoms with Gasteiger partial charge in [0.15, 0.2) is 0 Å². The molecule has 4 heteroatoms. The van der Waals surface area contributed by atoms with Gasteiger partial charge in [0, 0.05) is 18.7 Å². The Balaban J connectivity index is 1.62. The molecule has 3 rings (SSSR count). The second-order valence-electron chi connectivity index (χ2n) is 6.67. The van der Waals surface area contributed by atoms with E-state index in [-0.39, 0.29) is 11.9 Å². The second-order valence-corrected chi connectivity index (χ2v) is 6.67. The molecule has 1 aromatic carbocycles. The highest BCUT2D eigenvalue weighted by molar-refractivity contribution is 5.97. The van der Waals surface area contributed by atoms with Crippen molar-refractivity contribution in [2.75, 3.05) is 18.6 Å². The van der Waals surface area contributed by atoms with Crippen molar-refractivity contribution in [1.29, 1.82) is 0 Å². The number of benzene rings is 1. The summed E-state index contributed by atoms with van der Waals surface area (Å²) in [6.07, 6.45) is 9.04. The molecule has 1 saturated carbocycles. The fourth-order valence-electron chi connectivity index (χ4n) is 3.84. The van der Waals surface area contributed by atoms with Gasteiger partial charge in [-0.05, 0) is 42.5 Å². The Morgan fingerprint density at radius 3 is 2.74 bits per heavy atom. The summed E-state index contributed by atoms with van der Waals surface area (Å²) in [6.45, 7) is 0.726. The molecule has 2 aliphatic rings. The molecule has 0 saturated heterocycles. The molecule has 1 heterocycles. The molecule has 23 heavy (non-hydrogen) atoms. The van der Waals surface area contributed by atoms with E-state index in [1.165, 1.54) is 39.2 Å². The van der Waals surface area contributed by atoms with E-state index in [2.05, 4.69) is 0 Å². The molecule has 0 atom stereocenters. The van der Waals surface area contributed by atoms with Gasteiger partial charge in [-0.2, -0.15) is 0 Å². The van der Waals surface area contributed by atoms with Crippen LogP contribution in [0, 0.1) is 5.92 Å². The van der Waals surface area contributed by atoms with Crippen LogP contribution in [0.2, 0.25) is 0 Å². The molecule has 124 valence electrons. The number of esters is 1. The Morgan fingerprint density at radius 2 is 2.00 bits per heavy atom. The van der Waals surface area contributed by atoms with Gasteiger partial charge in [0.1, 0.15) is 0 Å². The molecule has 1 fully saturated rings. The fraction of sp³-hybridized carbons (Fsp3) is 0.579. The van der Waals surface area contributed by atoms with Crippen LogP contribution in [0.5, 0.6) is 0 Å². The van der Waals surface area contributed by atoms with Gasteiger partial charge in [0.05, 0.1) is 12.7 Å². The zero-order valence-corrected chi connectivity index (χ0v) is 13.8. The first-order valence-electron chi connectivity index (χ1n) is 8.70. The summed E-state index contributed by atoms with van der Waals surface area (Å²) < 4.78 is 4.76. The van der Waals surface area contributed by atoms with Crippen molar-refractivity contribution < 1.29 is 14.3 Å². The van der Waals surface area contributed by atoms with E-state index in [1.807, 2.05) is 17.0 Å². The number of hydrogen-bond acceptors (Lipinski definition) is 3. The van der Waals surface area contributed by atoms with Crippen molar-refractivity contribution >= 4 is 17.6 Å². The van der Waals surface area contributed by atoms with Crippen LogP contribution >= 0.6 is 0 Å². The van der Waals surface area contributed by atoms with Gasteiger partial charge in [-0.15, -0.1) is 0 Å². The highest BCUT2D eigenvalue weighted by Gasteiger charge is 2.26. The zero-order valence-electron chi connectivity index (χ0n) is 13.8. The first-order chi connectivity index (χ1) is 11.2.